The highest BCUT2D eigenvalue weighted by Gasteiger charge is 2.14. The first-order chi connectivity index (χ1) is 14.7. The van der Waals surface area contributed by atoms with Gasteiger partial charge in [-0.2, -0.15) is 0 Å². The Morgan fingerprint density at radius 2 is 1.53 bits per heavy atom. The molecule has 1 atom stereocenters. The van der Waals surface area contributed by atoms with Gasteiger partial charge in [-0.25, -0.2) is 14.0 Å². The number of benzene rings is 4. The summed E-state index contributed by atoms with van der Waals surface area (Å²) < 4.78 is 21.5. The molecule has 0 bridgehead atoms. The van der Waals surface area contributed by atoms with E-state index in [0.29, 0.717) is 27.0 Å². The van der Waals surface area contributed by atoms with E-state index in [0.717, 1.165) is 10.8 Å². The van der Waals surface area contributed by atoms with E-state index in [2.05, 4.69) is 9.71 Å². The van der Waals surface area contributed by atoms with E-state index in [1.165, 1.54) is 0 Å². The molecule has 0 amide bonds. The molecular weight excluding hydrogens is 396 g/mol. The molecule has 1 heterocycles. The summed E-state index contributed by atoms with van der Waals surface area (Å²) in [4.78, 5) is 17.5. The van der Waals surface area contributed by atoms with E-state index in [9.17, 15) is 9.00 Å². The first-order valence-corrected chi connectivity index (χ1v) is 10.5. The van der Waals surface area contributed by atoms with Crippen LogP contribution >= 0.6 is 0 Å². The predicted octanol–water partition coefficient (Wildman–Crippen LogP) is 5.14. The van der Waals surface area contributed by atoms with Crippen molar-refractivity contribution in [3.63, 3.8) is 0 Å². The van der Waals surface area contributed by atoms with Gasteiger partial charge in [-0.15, -0.1) is 0 Å². The zero-order valence-electron chi connectivity index (χ0n) is 15.7. The Hall–Kier alpha value is -3.77. The van der Waals surface area contributed by atoms with Crippen LogP contribution in [-0.2, 0) is 11.0 Å². The van der Waals surface area contributed by atoms with E-state index in [1.54, 1.807) is 30.3 Å². The number of para-hydroxylation sites is 2. The summed E-state index contributed by atoms with van der Waals surface area (Å²) in [5.41, 5.74) is 1.22. The van der Waals surface area contributed by atoms with Crippen LogP contribution in [-0.4, -0.2) is 9.19 Å². The van der Waals surface area contributed by atoms with Gasteiger partial charge in [-0.3, -0.25) is 0 Å². The number of nitrogens with zero attached hydrogens (tertiary/aromatic N) is 1. The molecule has 1 aromatic heterocycles. The fraction of sp³-hybridized carbons (Fsp3) is 0. The minimum atomic E-state index is -1.50. The molecule has 0 fully saturated rings. The molecule has 5 nitrogen and oxygen atoms in total. The molecule has 0 saturated heterocycles. The van der Waals surface area contributed by atoms with Crippen LogP contribution in [0, 0.1) is 0 Å². The Morgan fingerprint density at radius 1 is 0.800 bits per heavy atom. The van der Waals surface area contributed by atoms with Crippen LogP contribution in [0.2, 0.25) is 0 Å². The van der Waals surface area contributed by atoms with E-state index < -0.39 is 16.6 Å². The van der Waals surface area contributed by atoms with Crippen LogP contribution in [0.3, 0.4) is 0 Å². The van der Waals surface area contributed by atoms with Crippen LogP contribution in [0.15, 0.2) is 105 Å². The Balaban J connectivity index is 1.53. The van der Waals surface area contributed by atoms with Crippen molar-refractivity contribution in [1.29, 1.82) is 0 Å². The molecule has 0 aliphatic heterocycles. The SMILES string of the molecule is O=c1oc(-c2ccccc2NS(=O)c2ccc3ccccc3c2)nc2ccccc12. The normalized spacial score (nSPS) is 12.1. The summed E-state index contributed by atoms with van der Waals surface area (Å²) in [5, 5.41) is 2.52. The summed E-state index contributed by atoms with van der Waals surface area (Å²) in [6, 6.07) is 27.8. The van der Waals surface area contributed by atoms with Crippen LogP contribution in [0.25, 0.3) is 33.1 Å². The maximum absolute atomic E-state index is 13.0. The first-order valence-electron chi connectivity index (χ1n) is 9.35. The van der Waals surface area contributed by atoms with Crippen molar-refractivity contribution in [2.75, 3.05) is 4.72 Å². The maximum Gasteiger partial charge on any atom is 0.347 e. The van der Waals surface area contributed by atoms with Crippen molar-refractivity contribution in [3.05, 3.63) is 101 Å². The molecule has 0 spiro atoms. The predicted molar refractivity (Wildman–Crippen MR) is 120 cm³/mol. The Bertz CT molecular complexity index is 1480. The summed E-state index contributed by atoms with van der Waals surface area (Å²) in [6.07, 6.45) is 0. The van der Waals surface area contributed by atoms with Crippen molar-refractivity contribution in [2.45, 2.75) is 4.90 Å². The summed E-state index contributed by atoms with van der Waals surface area (Å²) in [6.45, 7) is 0. The molecule has 5 aromatic rings. The molecule has 5 rings (SSSR count). The highest BCUT2D eigenvalue weighted by Crippen LogP contribution is 2.28. The molecule has 0 aliphatic rings. The lowest BCUT2D eigenvalue weighted by molar-refractivity contribution is 0.518. The molecular formula is C24H16N2O3S. The van der Waals surface area contributed by atoms with Gasteiger partial charge in [0.1, 0.15) is 11.0 Å². The van der Waals surface area contributed by atoms with E-state index >= 15 is 0 Å². The molecule has 0 aliphatic carbocycles. The van der Waals surface area contributed by atoms with Gasteiger partial charge in [0, 0.05) is 0 Å². The van der Waals surface area contributed by atoms with E-state index in [1.807, 2.05) is 60.7 Å². The average molecular weight is 412 g/mol. The van der Waals surface area contributed by atoms with Gasteiger partial charge in [0.05, 0.1) is 27.0 Å². The molecule has 30 heavy (non-hydrogen) atoms. The Kier molecular flexibility index (Phi) is 4.61. The van der Waals surface area contributed by atoms with Gasteiger partial charge < -0.3 is 9.14 Å². The van der Waals surface area contributed by atoms with E-state index in [-0.39, 0.29) is 5.89 Å². The summed E-state index contributed by atoms with van der Waals surface area (Å²) in [7, 11) is -1.50. The van der Waals surface area contributed by atoms with Gasteiger partial charge in [-0.05, 0) is 47.2 Å². The topological polar surface area (TPSA) is 72.2 Å². The summed E-state index contributed by atoms with van der Waals surface area (Å²) >= 11 is 0. The number of rotatable bonds is 4. The zero-order valence-corrected chi connectivity index (χ0v) is 16.6. The quantitative estimate of drug-likeness (QED) is 0.443. The number of hydrogen-bond donors (Lipinski definition) is 1. The van der Waals surface area contributed by atoms with Gasteiger partial charge in [0.2, 0.25) is 5.89 Å². The van der Waals surface area contributed by atoms with Crippen LogP contribution < -0.4 is 10.3 Å². The number of fused-ring (bicyclic) bond motifs is 2. The largest absolute Gasteiger partial charge is 0.403 e. The minimum Gasteiger partial charge on any atom is -0.403 e. The lowest BCUT2D eigenvalue weighted by atomic mass is 10.1. The van der Waals surface area contributed by atoms with Gasteiger partial charge in [-0.1, -0.05) is 54.6 Å². The highest BCUT2D eigenvalue weighted by atomic mass is 32.2. The lowest BCUT2D eigenvalue weighted by Crippen LogP contribution is -2.07. The molecule has 6 heteroatoms. The lowest BCUT2D eigenvalue weighted by Gasteiger charge is -2.11. The average Bonchev–Trinajstić information content (AvgIpc) is 2.79. The number of aromatic nitrogens is 1. The fourth-order valence-electron chi connectivity index (χ4n) is 3.33. The van der Waals surface area contributed by atoms with Gasteiger partial charge >= 0.3 is 5.63 Å². The third kappa shape index (κ3) is 3.38. The smallest absolute Gasteiger partial charge is 0.347 e. The van der Waals surface area contributed by atoms with Crippen LogP contribution in [0.1, 0.15) is 0 Å². The standard InChI is InChI=1S/C24H16N2O3S/c27-24-20-10-4-5-11-21(20)25-23(29-24)19-9-3-6-12-22(19)26-30(28)18-14-13-16-7-1-2-8-17(16)15-18/h1-15,26H. The highest BCUT2D eigenvalue weighted by molar-refractivity contribution is 7.86. The van der Waals surface area contributed by atoms with Gasteiger partial charge in [0.25, 0.3) is 0 Å². The third-order valence-corrected chi connectivity index (χ3v) is 5.92. The fourth-order valence-corrected chi connectivity index (χ4v) is 4.26. The van der Waals surface area contributed by atoms with Crippen molar-refractivity contribution in [2.24, 2.45) is 0 Å². The van der Waals surface area contributed by atoms with Crippen molar-refractivity contribution in [3.8, 4) is 11.5 Å². The van der Waals surface area contributed by atoms with E-state index in [4.69, 9.17) is 4.42 Å². The molecule has 0 radical (unpaired) electrons. The van der Waals surface area contributed by atoms with Crippen LogP contribution in [0.4, 0.5) is 5.69 Å². The minimum absolute atomic E-state index is 0.178. The monoisotopic (exact) mass is 412 g/mol. The van der Waals surface area contributed by atoms with Crippen LogP contribution in [0.5, 0.6) is 0 Å². The van der Waals surface area contributed by atoms with Crippen molar-refractivity contribution < 1.29 is 8.63 Å². The maximum atomic E-state index is 13.0. The van der Waals surface area contributed by atoms with Crippen molar-refractivity contribution in [1.82, 2.24) is 4.98 Å². The summed E-state index contributed by atoms with van der Waals surface area (Å²) in [5.74, 6) is 0.178. The second-order valence-corrected chi connectivity index (χ2v) is 7.96. The zero-order chi connectivity index (χ0) is 20.5. The third-order valence-electron chi connectivity index (χ3n) is 4.83. The molecule has 1 N–H and O–H groups in total. The number of nitrogens with one attached hydrogen (secondary N) is 1. The number of hydrogen-bond acceptors (Lipinski definition) is 4. The number of anilines is 1. The molecule has 1 unspecified atom stereocenters. The molecule has 146 valence electrons. The Morgan fingerprint density at radius 3 is 2.43 bits per heavy atom. The Labute approximate surface area is 174 Å². The first kappa shape index (κ1) is 18.3. The second-order valence-electron chi connectivity index (χ2n) is 6.75. The molecule has 0 saturated carbocycles. The molecule has 4 aromatic carbocycles. The second kappa shape index (κ2) is 7.57. The van der Waals surface area contributed by atoms with Crippen molar-refractivity contribution >= 4 is 38.3 Å². The van der Waals surface area contributed by atoms with Gasteiger partial charge in [0.15, 0.2) is 0 Å².